The van der Waals surface area contributed by atoms with E-state index in [2.05, 4.69) is 10.1 Å². The van der Waals surface area contributed by atoms with Gasteiger partial charge in [0.1, 0.15) is 5.41 Å². The maximum absolute atomic E-state index is 12.9. The molecular formula is C15H22N4O2. The maximum atomic E-state index is 12.9. The van der Waals surface area contributed by atoms with Crippen molar-refractivity contribution in [1.29, 1.82) is 0 Å². The van der Waals surface area contributed by atoms with Crippen molar-refractivity contribution in [2.24, 2.45) is 16.3 Å². The van der Waals surface area contributed by atoms with Crippen LogP contribution in [0.4, 0.5) is 0 Å². The number of carbonyl (C=O) groups excluding carboxylic acids is 1. The number of oxime groups is 1. The van der Waals surface area contributed by atoms with Gasteiger partial charge in [-0.05, 0) is 24.5 Å². The van der Waals surface area contributed by atoms with Gasteiger partial charge in [0.2, 0.25) is 5.91 Å². The molecule has 114 valence electrons. The highest BCUT2D eigenvalue weighted by Crippen LogP contribution is 2.38. The molecule has 1 fully saturated rings. The summed E-state index contributed by atoms with van der Waals surface area (Å²) in [4.78, 5) is 18.5. The van der Waals surface area contributed by atoms with E-state index in [0.717, 1.165) is 24.8 Å². The third kappa shape index (κ3) is 3.15. The van der Waals surface area contributed by atoms with E-state index >= 15 is 0 Å². The molecule has 1 heterocycles. The van der Waals surface area contributed by atoms with Crippen molar-refractivity contribution in [3.63, 3.8) is 0 Å². The molecule has 6 heteroatoms. The summed E-state index contributed by atoms with van der Waals surface area (Å²) >= 11 is 0. The lowest BCUT2D eigenvalue weighted by Crippen LogP contribution is -2.51. The highest BCUT2D eigenvalue weighted by Gasteiger charge is 2.45. The molecule has 0 saturated heterocycles. The highest BCUT2D eigenvalue weighted by molar-refractivity contribution is 6.06. The molecule has 1 saturated carbocycles. The van der Waals surface area contributed by atoms with E-state index in [1.807, 2.05) is 12.1 Å². The van der Waals surface area contributed by atoms with Crippen molar-refractivity contribution in [3.8, 4) is 0 Å². The number of aromatic nitrogens is 1. The second-order valence-corrected chi connectivity index (χ2v) is 5.65. The number of nitrogens with zero attached hydrogens (tertiary/aromatic N) is 3. The fourth-order valence-electron chi connectivity index (χ4n) is 3.03. The Labute approximate surface area is 124 Å². The van der Waals surface area contributed by atoms with Crippen molar-refractivity contribution in [2.75, 3.05) is 7.05 Å². The first kappa shape index (κ1) is 15.3. The molecule has 0 atom stereocenters. The van der Waals surface area contributed by atoms with Crippen LogP contribution in [0.2, 0.25) is 0 Å². The standard InChI is InChI=1S/C15H22N4O2/c1-19(11-12-6-5-9-17-10-12)14(20)15(13(16)18-21)7-3-2-4-8-15/h5-6,9-10,21H,2-4,7-8,11H2,1H3,(H2,16,18). The Morgan fingerprint density at radius 3 is 2.76 bits per heavy atom. The molecule has 0 unspecified atom stereocenters. The third-order valence-electron chi connectivity index (χ3n) is 4.20. The summed E-state index contributed by atoms with van der Waals surface area (Å²) in [5.74, 6) is -0.0495. The van der Waals surface area contributed by atoms with Gasteiger partial charge in [0.15, 0.2) is 5.84 Å². The number of amides is 1. The van der Waals surface area contributed by atoms with Gasteiger partial charge in [0.05, 0.1) is 0 Å². The van der Waals surface area contributed by atoms with Crippen LogP contribution in [0.5, 0.6) is 0 Å². The second-order valence-electron chi connectivity index (χ2n) is 5.65. The zero-order valence-electron chi connectivity index (χ0n) is 12.3. The number of hydrogen-bond donors (Lipinski definition) is 2. The number of pyridine rings is 1. The van der Waals surface area contributed by atoms with Crippen molar-refractivity contribution in [1.82, 2.24) is 9.88 Å². The van der Waals surface area contributed by atoms with Crippen LogP contribution >= 0.6 is 0 Å². The third-order valence-corrected chi connectivity index (χ3v) is 4.20. The Balaban J connectivity index is 2.18. The van der Waals surface area contributed by atoms with E-state index in [-0.39, 0.29) is 11.7 Å². The van der Waals surface area contributed by atoms with Gasteiger partial charge < -0.3 is 15.8 Å². The number of nitrogens with two attached hydrogens (primary N) is 1. The average Bonchev–Trinajstić information content (AvgIpc) is 2.54. The molecule has 1 aromatic heterocycles. The van der Waals surface area contributed by atoms with E-state index in [0.29, 0.717) is 19.4 Å². The minimum absolute atomic E-state index is 0.0326. The van der Waals surface area contributed by atoms with Crippen molar-refractivity contribution in [3.05, 3.63) is 30.1 Å². The van der Waals surface area contributed by atoms with Gasteiger partial charge in [-0.25, -0.2) is 0 Å². The van der Waals surface area contributed by atoms with Gasteiger partial charge in [0, 0.05) is 26.0 Å². The molecule has 0 bridgehead atoms. The second kappa shape index (κ2) is 6.56. The summed E-state index contributed by atoms with van der Waals surface area (Å²) < 4.78 is 0. The van der Waals surface area contributed by atoms with Crippen LogP contribution in [-0.4, -0.2) is 33.9 Å². The van der Waals surface area contributed by atoms with E-state index < -0.39 is 5.41 Å². The fraction of sp³-hybridized carbons (Fsp3) is 0.533. The smallest absolute Gasteiger partial charge is 0.236 e. The molecule has 6 nitrogen and oxygen atoms in total. The Hall–Kier alpha value is -2.11. The lowest BCUT2D eigenvalue weighted by molar-refractivity contribution is -0.139. The van der Waals surface area contributed by atoms with Crippen LogP contribution in [0.3, 0.4) is 0 Å². The molecule has 1 aliphatic carbocycles. The zero-order chi connectivity index (χ0) is 15.3. The summed E-state index contributed by atoms with van der Waals surface area (Å²) in [6, 6.07) is 3.77. The Morgan fingerprint density at radius 2 is 2.19 bits per heavy atom. The molecule has 1 aliphatic rings. The van der Waals surface area contributed by atoms with Gasteiger partial charge in [-0.3, -0.25) is 9.78 Å². The van der Waals surface area contributed by atoms with E-state index in [9.17, 15) is 4.79 Å². The van der Waals surface area contributed by atoms with Gasteiger partial charge in [-0.15, -0.1) is 0 Å². The van der Waals surface area contributed by atoms with Gasteiger partial charge in [-0.1, -0.05) is 30.5 Å². The van der Waals surface area contributed by atoms with Crippen LogP contribution in [0.1, 0.15) is 37.7 Å². The number of carbonyl (C=O) groups is 1. The molecule has 2 rings (SSSR count). The molecule has 1 amide bonds. The fourth-order valence-corrected chi connectivity index (χ4v) is 3.03. The van der Waals surface area contributed by atoms with E-state index in [4.69, 9.17) is 10.9 Å². The summed E-state index contributed by atoms with van der Waals surface area (Å²) in [6.07, 6.45) is 7.63. The van der Waals surface area contributed by atoms with Crippen LogP contribution in [-0.2, 0) is 11.3 Å². The number of amidine groups is 1. The summed E-state index contributed by atoms with van der Waals surface area (Å²) in [5, 5.41) is 12.2. The quantitative estimate of drug-likeness (QED) is 0.382. The number of hydrogen-bond acceptors (Lipinski definition) is 4. The lowest BCUT2D eigenvalue weighted by atomic mass is 9.72. The lowest BCUT2D eigenvalue weighted by Gasteiger charge is -2.37. The van der Waals surface area contributed by atoms with Crippen molar-refractivity contribution < 1.29 is 10.0 Å². The van der Waals surface area contributed by atoms with Crippen LogP contribution < -0.4 is 5.73 Å². The van der Waals surface area contributed by atoms with Gasteiger partial charge >= 0.3 is 0 Å². The van der Waals surface area contributed by atoms with Crippen LogP contribution in [0.25, 0.3) is 0 Å². The molecule has 3 N–H and O–H groups in total. The minimum atomic E-state index is -0.857. The minimum Gasteiger partial charge on any atom is -0.409 e. The number of rotatable bonds is 4. The molecule has 0 aliphatic heterocycles. The van der Waals surface area contributed by atoms with Crippen LogP contribution in [0, 0.1) is 5.41 Å². The molecular weight excluding hydrogens is 268 g/mol. The zero-order valence-corrected chi connectivity index (χ0v) is 12.3. The first-order valence-corrected chi connectivity index (χ1v) is 7.22. The van der Waals surface area contributed by atoms with E-state index in [1.54, 1.807) is 24.3 Å². The van der Waals surface area contributed by atoms with Crippen molar-refractivity contribution in [2.45, 2.75) is 38.6 Å². The maximum Gasteiger partial charge on any atom is 0.236 e. The molecule has 0 radical (unpaired) electrons. The Kier molecular flexibility index (Phi) is 4.77. The van der Waals surface area contributed by atoms with E-state index in [1.165, 1.54) is 0 Å². The van der Waals surface area contributed by atoms with Gasteiger partial charge in [-0.2, -0.15) is 0 Å². The largest absolute Gasteiger partial charge is 0.409 e. The molecule has 21 heavy (non-hydrogen) atoms. The van der Waals surface area contributed by atoms with Crippen LogP contribution in [0.15, 0.2) is 29.7 Å². The topological polar surface area (TPSA) is 91.8 Å². The highest BCUT2D eigenvalue weighted by atomic mass is 16.4. The normalized spacial score (nSPS) is 18.2. The predicted molar refractivity (Wildman–Crippen MR) is 79.6 cm³/mol. The average molecular weight is 290 g/mol. The SMILES string of the molecule is CN(Cc1cccnc1)C(=O)C1(C(N)=NO)CCCCC1. The van der Waals surface area contributed by atoms with Gasteiger partial charge in [0.25, 0.3) is 0 Å². The molecule has 0 spiro atoms. The Bertz CT molecular complexity index is 510. The first-order chi connectivity index (χ1) is 10.1. The first-order valence-electron chi connectivity index (χ1n) is 7.22. The monoisotopic (exact) mass is 290 g/mol. The predicted octanol–water partition coefficient (Wildman–Crippen LogP) is 1.74. The molecule has 0 aromatic carbocycles. The summed E-state index contributed by atoms with van der Waals surface area (Å²) in [5.41, 5.74) is 5.95. The van der Waals surface area contributed by atoms with Crippen molar-refractivity contribution >= 4 is 11.7 Å². The Morgan fingerprint density at radius 1 is 1.48 bits per heavy atom. The molecule has 1 aromatic rings. The summed E-state index contributed by atoms with van der Waals surface area (Å²) in [7, 11) is 1.75. The summed E-state index contributed by atoms with van der Waals surface area (Å²) in [6.45, 7) is 0.465.